The topological polar surface area (TPSA) is 76.7 Å². The summed E-state index contributed by atoms with van der Waals surface area (Å²) < 4.78 is 86.2. The van der Waals surface area contributed by atoms with Gasteiger partial charge in [-0.1, -0.05) is 6.07 Å². The highest BCUT2D eigenvalue weighted by molar-refractivity contribution is 5.42. The van der Waals surface area contributed by atoms with E-state index in [0.29, 0.717) is 17.3 Å². The number of aryl methyl sites for hydroxylation is 1. The Hall–Kier alpha value is -3.02. The van der Waals surface area contributed by atoms with Gasteiger partial charge in [0, 0.05) is 35.4 Å². The number of halogens is 6. The van der Waals surface area contributed by atoms with E-state index < -0.39 is 52.5 Å². The van der Waals surface area contributed by atoms with Crippen LogP contribution in [0.3, 0.4) is 0 Å². The van der Waals surface area contributed by atoms with Crippen molar-refractivity contribution in [2.24, 2.45) is 5.41 Å². The Kier molecular flexibility index (Phi) is 5.42. The number of alkyl halides is 4. The number of pyridine rings is 1. The van der Waals surface area contributed by atoms with Gasteiger partial charge in [-0.25, -0.2) is 31.0 Å². The van der Waals surface area contributed by atoms with Crippen molar-refractivity contribution in [1.29, 1.82) is 0 Å². The van der Waals surface area contributed by atoms with E-state index in [2.05, 4.69) is 20.5 Å². The molecule has 3 aliphatic rings. The van der Waals surface area contributed by atoms with E-state index >= 15 is 8.78 Å². The lowest BCUT2D eigenvalue weighted by Crippen LogP contribution is -2.76. The van der Waals surface area contributed by atoms with Gasteiger partial charge in [0.05, 0.1) is 6.54 Å². The zero-order valence-corrected chi connectivity index (χ0v) is 18.3. The highest BCUT2D eigenvalue weighted by Crippen LogP contribution is 2.80. The molecular formula is C23H21F6N5O. The first kappa shape index (κ1) is 23.7. The van der Waals surface area contributed by atoms with Gasteiger partial charge in [0.15, 0.2) is 5.60 Å². The Morgan fingerprint density at radius 3 is 2.40 bits per heavy atom. The molecule has 35 heavy (non-hydrogen) atoms. The van der Waals surface area contributed by atoms with Crippen LogP contribution < -0.4 is 0 Å². The monoisotopic (exact) mass is 497 g/mol. The summed E-state index contributed by atoms with van der Waals surface area (Å²) in [6, 6.07) is 5.39. The number of rotatable bonds is 9. The maximum absolute atomic E-state index is 16.1. The van der Waals surface area contributed by atoms with E-state index in [4.69, 9.17) is 0 Å². The Bertz CT molecular complexity index is 1200. The second-order valence-electron chi connectivity index (χ2n) is 9.63. The van der Waals surface area contributed by atoms with Gasteiger partial charge in [-0.3, -0.25) is 4.98 Å². The first-order valence-corrected chi connectivity index (χ1v) is 11.0. The van der Waals surface area contributed by atoms with Crippen molar-refractivity contribution >= 4 is 0 Å². The normalized spacial score (nSPS) is 25.1. The molecule has 1 N–H and O–H groups in total. The molecule has 0 radical (unpaired) electrons. The third kappa shape index (κ3) is 3.60. The molecule has 3 aliphatic carbocycles. The van der Waals surface area contributed by atoms with Gasteiger partial charge in [-0.05, 0) is 65.3 Å². The molecule has 3 fully saturated rings. The van der Waals surface area contributed by atoms with Crippen LogP contribution >= 0.6 is 0 Å². The van der Waals surface area contributed by atoms with Gasteiger partial charge < -0.3 is 5.11 Å². The van der Waals surface area contributed by atoms with E-state index in [-0.39, 0.29) is 32.1 Å². The van der Waals surface area contributed by atoms with Crippen molar-refractivity contribution in [3.63, 3.8) is 0 Å². The van der Waals surface area contributed by atoms with Gasteiger partial charge in [0.2, 0.25) is 6.43 Å². The fourth-order valence-corrected chi connectivity index (χ4v) is 5.67. The number of hydrogen-bond acceptors (Lipinski definition) is 5. The highest BCUT2D eigenvalue weighted by Gasteiger charge is 2.82. The first-order chi connectivity index (χ1) is 16.5. The van der Waals surface area contributed by atoms with Crippen LogP contribution in [-0.2, 0) is 24.0 Å². The predicted octanol–water partition coefficient (Wildman–Crippen LogP) is 4.19. The van der Waals surface area contributed by atoms with Crippen molar-refractivity contribution in [2.75, 3.05) is 0 Å². The Balaban J connectivity index is 1.41. The molecule has 12 heteroatoms. The highest BCUT2D eigenvalue weighted by atomic mass is 19.3. The Morgan fingerprint density at radius 2 is 1.83 bits per heavy atom. The average Bonchev–Trinajstić information content (AvgIpc) is 3.23. The molecule has 0 amide bonds. The summed E-state index contributed by atoms with van der Waals surface area (Å²) in [6.07, 6.45) is -0.0346. The molecule has 3 aromatic rings. The zero-order chi connectivity index (χ0) is 25.1. The van der Waals surface area contributed by atoms with Gasteiger partial charge >= 0.3 is 0 Å². The van der Waals surface area contributed by atoms with Crippen LogP contribution in [0, 0.1) is 17.0 Å². The van der Waals surface area contributed by atoms with Crippen LogP contribution in [0.25, 0.3) is 0 Å². The van der Waals surface area contributed by atoms with Crippen molar-refractivity contribution in [1.82, 2.24) is 25.2 Å². The first-order valence-electron chi connectivity index (χ1n) is 11.0. The Labute approximate surface area is 196 Å². The molecule has 0 spiro atoms. The second-order valence-corrected chi connectivity index (χ2v) is 9.63. The van der Waals surface area contributed by atoms with E-state index in [9.17, 15) is 22.7 Å². The van der Waals surface area contributed by atoms with Crippen molar-refractivity contribution in [3.8, 4) is 0 Å². The van der Waals surface area contributed by atoms with E-state index in [1.807, 2.05) is 0 Å². The smallest absolute Gasteiger partial charge is 0.287 e. The van der Waals surface area contributed by atoms with E-state index in [1.165, 1.54) is 6.20 Å². The lowest BCUT2D eigenvalue weighted by atomic mass is 9.30. The summed E-state index contributed by atoms with van der Waals surface area (Å²) in [7, 11) is 0. The molecule has 0 saturated heterocycles. The molecule has 186 valence electrons. The van der Waals surface area contributed by atoms with Crippen LogP contribution in [-0.4, -0.2) is 42.6 Å². The van der Waals surface area contributed by atoms with Crippen molar-refractivity contribution in [2.45, 2.75) is 62.0 Å². The van der Waals surface area contributed by atoms with Crippen LogP contribution in [0.15, 0.2) is 42.9 Å². The maximum Gasteiger partial charge on any atom is 0.287 e. The molecule has 0 unspecified atom stereocenters. The third-order valence-corrected chi connectivity index (χ3v) is 7.43. The van der Waals surface area contributed by atoms with Gasteiger partial charge in [-0.15, -0.1) is 5.10 Å². The SMILES string of the molecule is O[C@](Cn1cnnn1)(c1ccc(F)cc1F)C(F)(F)C12CC(c3ccc(CCC(F)F)nc3)(C1)C2. The van der Waals surface area contributed by atoms with E-state index in [0.717, 1.165) is 23.1 Å². The fourth-order valence-electron chi connectivity index (χ4n) is 5.67. The number of nitrogens with zero attached hydrogens (tertiary/aromatic N) is 5. The molecule has 0 aliphatic heterocycles. The molecule has 6 nitrogen and oxygen atoms in total. The zero-order valence-electron chi connectivity index (χ0n) is 18.3. The molecule has 2 bridgehead atoms. The van der Waals surface area contributed by atoms with Crippen molar-refractivity contribution < 1.29 is 31.4 Å². The molecule has 1 aromatic carbocycles. The number of benzene rings is 1. The van der Waals surface area contributed by atoms with Crippen LogP contribution in [0.4, 0.5) is 26.3 Å². The van der Waals surface area contributed by atoms with Crippen LogP contribution in [0.1, 0.15) is 42.5 Å². The lowest BCUT2D eigenvalue weighted by Gasteiger charge is -2.74. The fraction of sp³-hybridized carbons (Fsp3) is 0.478. The average molecular weight is 497 g/mol. The number of hydrogen-bond donors (Lipinski definition) is 1. The minimum atomic E-state index is -3.82. The quantitative estimate of drug-likeness (QED) is 0.449. The largest absolute Gasteiger partial charge is 0.377 e. The summed E-state index contributed by atoms with van der Waals surface area (Å²) in [6.45, 7) is -0.843. The minimum Gasteiger partial charge on any atom is -0.377 e. The predicted molar refractivity (Wildman–Crippen MR) is 110 cm³/mol. The summed E-state index contributed by atoms with van der Waals surface area (Å²) >= 11 is 0. The molecule has 2 heterocycles. The molecule has 2 aromatic heterocycles. The summed E-state index contributed by atoms with van der Waals surface area (Å²) in [5, 5.41) is 21.7. The number of tetrazole rings is 1. The molecular weight excluding hydrogens is 476 g/mol. The maximum atomic E-state index is 16.1. The second kappa shape index (κ2) is 8.00. The molecule has 3 saturated carbocycles. The standard InChI is InChI=1S/C23H21F6N5O/c24-15-2-5-17(18(25)7-15)22(35,12-34-13-31-32-33-34)23(28,29)21-9-20(10-21,11-21)14-1-3-16(30-8-14)4-6-19(26)27/h1-3,5,7-8,13,19,35H,4,6,9-12H2/t20?,21?,22-/m1/s1. The third-order valence-electron chi connectivity index (χ3n) is 7.43. The molecule has 1 atom stereocenters. The van der Waals surface area contributed by atoms with Gasteiger partial charge in [0.25, 0.3) is 5.92 Å². The summed E-state index contributed by atoms with van der Waals surface area (Å²) in [5.74, 6) is -6.09. The minimum absolute atomic E-state index is 0.0196. The Morgan fingerprint density at radius 1 is 1.09 bits per heavy atom. The summed E-state index contributed by atoms with van der Waals surface area (Å²) in [4.78, 5) is 4.19. The van der Waals surface area contributed by atoms with Gasteiger partial charge in [0.1, 0.15) is 18.0 Å². The van der Waals surface area contributed by atoms with Gasteiger partial charge in [-0.2, -0.15) is 0 Å². The van der Waals surface area contributed by atoms with Crippen LogP contribution in [0.5, 0.6) is 0 Å². The van der Waals surface area contributed by atoms with Crippen molar-refractivity contribution in [3.05, 3.63) is 71.3 Å². The number of aromatic nitrogens is 5. The van der Waals surface area contributed by atoms with Crippen LogP contribution in [0.2, 0.25) is 0 Å². The lowest BCUT2D eigenvalue weighted by molar-refractivity contribution is -0.347. The number of aliphatic hydroxyl groups is 1. The summed E-state index contributed by atoms with van der Waals surface area (Å²) in [5.41, 5.74) is -4.79. The van der Waals surface area contributed by atoms with E-state index in [1.54, 1.807) is 12.1 Å². The molecule has 6 rings (SSSR count).